The summed E-state index contributed by atoms with van der Waals surface area (Å²) in [6.07, 6.45) is 0.358. The maximum atomic E-state index is 10.2. The van der Waals surface area contributed by atoms with Crippen LogP contribution in [-0.2, 0) is 9.53 Å². The molecule has 4 heteroatoms. The lowest BCUT2D eigenvalue weighted by molar-refractivity contribution is -0.109. The summed E-state index contributed by atoms with van der Waals surface area (Å²) in [5, 5.41) is 1.84. The molecule has 0 saturated heterocycles. The second-order valence-electron chi connectivity index (χ2n) is 1.40. The minimum absolute atomic E-state index is 0.290. The molecule has 0 radical (unpaired) electrons. The van der Waals surface area contributed by atoms with Crippen molar-refractivity contribution in [3.8, 4) is 0 Å². The van der Waals surface area contributed by atoms with Crippen molar-refractivity contribution in [2.75, 3.05) is 6.61 Å². The topological polar surface area (TPSA) is 55.4 Å². The van der Waals surface area contributed by atoms with Crippen LogP contribution in [0.5, 0.6) is 0 Å². The van der Waals surface area contributed by atoms with E-state index in [0.29, 0.717) is 6.61 Å². The lowest BCUT2D eigenvalue weighted by Crippen LogP contribution is -2.22. The number of nitrogens with one attached hydrogen (secondary N) is 1. The van der Waals surface area contributed by atoms with Gasteiger partial charge in [-0.3, -0.25) is 10.1 Å². The van der Waals surface area contributed by atoms with Gasteiger partial charge in [-0.25, -0.2) is 4.79 Å². The first-order valence-corrected chi connectivity index (χ1v) is 2.68. The van der Waals surface area contributed by atoms with Crippen LogP contribution >= 0.6 is 0 Å². The Morgan fingerprint density at radius 1 is 1.78 bits per heavy atom. The first-order chi connectivity index (χ1) is 4.31. The molecule has 0 aromatic carbocycles. The summed E-state index contributed by atoms with van der Waals surface area (Å²) in [5.74, 6) is 0. The van der Waals surface area contributed by atoms with E-state index < -0.39 is 6.09 Å². The Bertz CT molecular complexity index is 102. The quantitative estimate of drug-likeness (QED) is 0.559. The van der Waals surface area contributed by atoms with E-state index in [4.69, 9.17) is 0 Å². The Morgan fingerprint density at radius 2 is 2.44 bits per heavy atom. The molecule has 0 unspecified atom stereocenters. The minimum atomic E-state index is -0.688. The predicted octanol–water partition coefficient (Wildman–Crippen LogP) is 0.279. The number of amides is 2. The molecular formula is C5H9NO3. The van der Waals surface area contributed by atoms with Gasteiger partial charge in [0.1, 0.15) is 0 Å². The summed E-state index contributed by atoms with van der Waals surface area (Å²) in [5.41, 5.74) is 0. The number of carbonyl (C=O) groups is 2. The maximum Gasteiger partial charge on any atom is 0.413 e. The lowest BCUT2D eigenvalue weighted by atomic mass is 10.5. The highest BCUT2D eigenvalue weighted by Gasteiger charge is 1.95. The highest BCUT2D eigenvalue weighted by Crippen LogP contribution is 1.79. The van der Waals surface area contributed by atoms with Gasteiger partial charge in [-0.15, -0.1) is 0 Å². The number of hydrogen-bond acceptors (Lipinski definition) is 3. The van der Waals surface area contributed by atoms with Crippen LogP contribution in [0.4, 0.5) is 4.79 Å². The number of hydrogen-bond donors (Lipinski definition) is 1. The van der Waals surface area contributed by atoms with Crippen molar-refractivity contribution in [2.45, 2.75) is 13.3 Å². The molecule has 52 valence electrons. The van der Waals surface area contributed by atoms with Crippen molar-refractivity contribution in [1.29, 1.82) is 0 Å². The third-order valence-corrected chi connectivity index (χ3v) is 0.614. The SMILES string of the molecule is CCCOC(=O)NC=O. The van der Waals surface area contributed by atoms with Crippen molar-refractivity contribution >= 4 is 12.5 Å². The molecule has 0 heterocycles. The van der Waals surface area contributed by atoms with Crippen LogP contribution in [0.15, 0.2) is 0 Å². The second kappa shape index (κ2) is 5.08. The zero-order valence-electron chi connectivity index (χ0n) is 5.22. The molecule has 0 spiro atoms. The molecule has 9 heavy (non-hydrogen) atoms. The minimum Gasteiger partial charge on any atom is -0.449 e. The molecule has 0 aliphatic rings. The molecule has 0 bridgehead atoms. The lowest BCUT2D eigenvalue weighted by Gasteiger charge is -1.97. The summed E-state index contributed by atoms with van der Waals surface area (Å²) < 4.78 is 4.45. The fraction of sp³-hybridized carbons (Fsp3) is 0.600. The van der Waals surface area contributed by atoms with Crippen LogP contribution in [0.1, 0.15) is 13.3 Å². The Hall–Kier alpha value is -1.06. The number of alkyl carbamates (subject to hydrolysis) is 1. The van der Waals surface area contributed by atoms with Gasteiger partial charge in [0.25, 0.3) is 0 Å². The van der Waals surface area contributed by atoms with Gasteiger partial charge in [-0.1, -0.05) is 6.92 Å². The molecule has 0 aromatic rings. The zero-order chi connectivity index (χ0) is 7.11. The van der Waals surface area contributed by atoms with E-state index in [0.717, 1.165) is 6.42 Å². The third-order valence-electron chi connectivity index (χ3n) is 0.614. The number of ether oxygens (including phenoxy) is 1. The van der Waals surface area contributed by atoms with Crippen molar-refractivity contribution in [3.63, 3.8) is 0 Å². The molecule has 0 rings (SSSR count). The van der Waals surface area contributed by atoms with Gasteiger partial charge in [0.15, 0.2) is 0 Å². The summed E-state index contributed by atoms with van der Waals surface area (Å²) >= 11 is 0. The average molecular weight is 131 g/mol. The molecule has 0 atom stereocenters. The van der Waals surface area contributed by atoms with Crippen LogP contribution < -0.4 is 5.32 Å². The predicted molar refractivity (Wildman–Crippen MR) is 30.8 cm³/mol. The normalized spacial score (nSPS) is 8.11. The first-order valence-electron chi connectivity index (χ1n) is 2.68. The Balaban J connectivity index is 3.16. The number of carbonyl (C=O) groups excluding carboxylic acids is 2. The van der Waals surface area contributed by atoms with Gasteiger partial charge in [0.2, 0.25) is 6.41 Å². The second-order valence-corrected chi connectivity index (χ2v) is 1.40. The van der Waals surface area contributed by atoms with E-state index >= 15 is 0 Å². The van der Waals surface area contributed by atoms with Gasteiger partial charge in [-0.2, -0.15) is 0 Å². The van der Waals surface area contributed by atoms with Crippen LogP contribution in [-0.4, -0.2) is 19.1 Å². The van der Waals surface area contributed by atoms with Crippen LogP contribution in [0.25, 0.3) is 0 Å². The van der Waals surface area contributed by atoms with Crippen molar-refractivity contribution < 1.29 is 14.3 Å². The van der Waals surface area contributed by atoms with E-state index in [-0.39, 0.29) is 6.41 Å². The molecule has 4 nitrogen and oxygen atoms in total. The molecule has 0 fully saturated rings. The average Bonchev–Trinajstić information content (AvgIpc) is 1.85. The molecule has 0 aromatic heterocycles. The fourth-order valence-electron chi connectivity index (χ4n) is 0.285. The number of imide groups is 1. The summed E-state index contributed by atoms with van der Waals surface area (Å²) in [4.78, 5) is 19.8. The fourth-order valence-corrected chi connectivity index (χ4v) is 0.285. The molecule has 2 amide bonds. The molecule has 0 aliphatic heterocycles. The van der Waals surface area contributed by atoms with Gasteiger partial charge in [-0.05, 0) is 6.42 Å². The van der Waals surface area contributed by atoms with Gasteiger partial charge in [0, 0.05) is 0 Å². The maximum absolute atomic E-state index is 10.2. The number of rotatable bonds is 3. The first kappa shape index (κ1) is 7.94. The van der Waals surface area contributed by atoms with Crippen molar-refractivity contribution in [3.05, 3.63) is 0 Å². The third kappa shape index (κ3) is 4.80. The van der Waals surface area contributed by atoms with Crippen molar-refractivity contribution in [1.82, 2.24) is 5.32 Å². The largest absolute Gasteiger partial charge is 0.449 e. The highest BCUT2D eigenvalue weighted by molar-refractivity contribution is 5.79. The summed E-state index contributed by atoms with van der Waals surface area (Å²) in [7, 11) is 0. The zero-order valence-corrected chi connectivity index (χ0v) is 5.22. The van der Waals surface area contributed by atoms with Crippen LogP contribution in [0.3, 0.4) is 0 Å². The van der Waals surface area contributed by atoms with Gasteiger partial charge >= 0.3 is 6.09 Å². The Morgan fingerprint density at radius 3 is 2.89 bits per heavy atom. The van der Waals surface area contributed by atoms with E-state index in [1.54, 1.807) is 0 Å². The molecule has 0 aliphatic carbocycles. The molecule has 0 saturated carbocycles. The van der Waals surface area contributed by atoms with Gasteiger partial charge in [0.05, 0.1) is 6.61 Å². The van der Waals surface area contributed by atoms with Crippen LogP contribution in [0.2, 0.25) is 0 Å². The van der Waals surface area contributed by atoms with E-state index in [1.165, 1.54) is 0 Å². The Kier molecular flexibility index (Phi) is 4.49. The highest BCUT2D eigenvalue weighted by atomic mass is 16.5. The van der Waals surface area contributed by atoms with E-state index in [9.17, 15) is 9.59 Å². The Labute approximate surface area is 53.2 Å². The van der Waals surface area contributed by atoms with Crippen LogP contribution in [0, 0.1) is 0 Å². The standard InChI is InChI=1S/C5H9NO3/c1-2-3-9-5(8)6-4-7/h4H,2-3H2,1H3,(H,6,7,8). The molecule has 1 N–H and O–H groups in total. The monoisotopic (exact) mass is 131 g/mol. The van der Waals surface area contributed by atoms with Crippen molar-refractivity contribution in [2.24, 2.45) is 0 Å². The van der Waals surface area contributed by atoms with E-state index in [1.807, 2.05) is 12.2 Å². The van der Waals surface area contributed by atoms with E-state index in [2.05, 4.69) is 4.74 Å². The smallest absolute Gasteiger partial charge is 0.413 e. The summed E-state index contributed by atoms with van der Waals surface area (Å²) in [6, 6.07) is 0. The molecular weight excluding hydrogens is 122 g/mol. The summed E-state index contributed by atoms with van der Waals surface area (Å²) in [6.45, 7) is 2.22. The van der Waals surface area contributed by atoms with Gasteiger partial charge < -0.3 is 4.74 Å².